The van der Waals surface area contributed by atoms with Crippen molar-refractivity contribution in [3.63, 3.8) is 0 Å². The molecule has 6 heteroatoms. The molecule has 0 saturated heterocycles. The van der Waals surface area contributed by atoms with Crippen molar-refractivity contribution in [2.24, 2.45) is 0 Å². The van der Waals surface area contributed by atoms with Crippen LogP contribution in [-0.2, 0) is 4.79 Å². The summed E-state index contributed by atoms with van der Waals surface area (Å²) < 4.78 is 34.4. The Morgan fingerprint density at radius 3 is 1.80 bits per heavy atom. The van der Waals surface area contributed by atoms with E-state index < -0.39 is 24.7 Å². The molecular weight excluding hydrogens is 153 g/mol. The molecule has 0 aliphatic heterocycles. The molecule has 2 N–H and O–H groups in total. The predicted octanol–water partition coefficient (Wildman–Crippen LogP) is -0.529. The first-order valence-corrected chi connectivity index (χ1v) is 2.23. The monoisotopic (exact) mass is 158 g/mol. The summed E-state index contributed by atoms with van der Waals surface area (Å²) in [6.07, 6.45) is -5.85. The zero-order chi connectivity index (χ0) is 8.41. The van der Waals surface area contributed by atoms with Crippen LogP contribution >= 0.6 is 0 Å². The minimum absolute atomic E-state index is 0.743. The van der Waals surface area contributed by atoms with Crippen molar-refractivity contribution in [1.82, 2.24) is 0 Å². The first-order valence-electron chi connectivity index (χ1n) is 2.23. The van der Waals surface area contributed by atoms with Gasteiger partial charge in [-0.2, -0.15) is 13.2 Å². The summed E-state index contributed by atoms with van der Waals surface area (Å²) in [6, 6.07) is 0. The Labute approximate surface area is 54.1 Å². The van der Waals surface area contributed by atoms with Crippen molar-refractivity contribution in [1.29, 1.82) is 0 Å². The third-order valence-electron chi connectivity index (χ3n) is 0.927. The van der Waals surface area contributed by atoms with Crippen LogP contribution in [0.25, 0.3) is 0 Å². The van der Waals surface area contributed by atoms with Gasteiger partial charge < -0.3 is 10.2 Å². The third kappa shape index (κ3) is 1.45. The van der Waals surface area contributed by atoms with Crippen molar-refractivity contribution >= 4 is 6.29 Å². The molecule has 0 saturated carbocycles. The van der Waals surface area contributed by atoms with Crippen molar-refractivity contribution in [3.05, 3.63) is 0 Å². The normalized spacial score (nSPS) is 18.1. The summed E-state index contributed by atoms with van der Waals surface area (Å²) in [5.41, 5.74) is -3.60. The molecule has 0 aromatic heterocycles. The van der Waals surface area contributed by atoms with Gasteiger partial charge in [-0.15, -0.1) is 0 Å². The minimum Gasteiger partial charge on any atom is -0.393 e. The number of aldehydes is 1. The van der Waals surface area contributed by atoms with Gasteiger partial charge in [0.2, 0.25) is 5.60 Å². The molecule has 0 aliphatic carbocycles. The predicted molar refractivity (Wildman–Crippen MR) is 24.2 cm³/mol. The van der Waals surface area contributed by atoms with Crippen molar-refractivity contribution in [3.8, 4) is 0 Å². The zero-order valence-corrected chi connectivity index (χ0v) is 4.72. The second kappa shape index (κ2) is 2.55. The van der Waals surface area contributed by atoms with E-state index >= 15 is 0 Å². The lowest BCUT2D eigenvalue weighted by Gasteiger charge is -2.21. The van der Waals surface area contributed by atoms with E-state index in [1.807, 2.05) is 0 Å². The Balaban J connectivity index is 4.48. The summed E-state index contributed by atoms with van der Waals surface area (Å²) in [5.74, 6) is 0. The summed E-state index contributed by atoms with van der Waals surface area (Å²) in [6.45, 7) is -1.65. The van der Waals surface area contributed by atoms with E-state index in [0.29, 0.717) is 0 Å². The Hall–Kier alpha value is -0.620. The lowest BCUT2D eigenvalue weighted by Crippen LogP contribution is -2.49. The maximum atomic E-state index is 11.5. The van der Waals surface area contributed by atoms with Crippen LogP contribution in [0.4, 0.5) is 13.2 Å². The van der Waals surface area contributed by atoms with E-state index in [2.05, 4.69) is 0 Å². The summed E-state index contributed by atoms with van der Waals surface area (Å²) >= 11 is 0. The molecule has 0 radical (unpaired) electrons. The van der Waals surface area contributed by atoms with Gasteiger partial charge in [-0.25, -0.2) is 0 Å². The van der Waals surface area contributed by atoms with E-state index in [-0.39, 0.29) is 0 Å². The SMILES string of the molecule is O=CC(O)(CO)C(F)(F)F. The Kier molecular flexibility index (Phi) is 2.39. The number of aliphatic hydroxyl groups excluding tert-OH is 1. The number of halogens is 3. The summed E-state index contributed by atoms with van der Waals surface area (Å²) in [4.78, 5) is 9.57. The molecule has 0 aromatic carbocycles. The lowest BCUT2D eigenvalue weighted by atomic mass is 10.1. The average Bonchev–Trinajstić information content (AvgIpc) is 1.84. The lowest BCUT2D eigenvalue weighted by molar-refractivity contribution is -0.253. The van der Waals surface area contributed by atoms with Crippen LogP contribution in [0.2, 0.25) is 0 Å². The first-order chi connectivity index (χ1) is 4.37. The molecule has 3 nitrogen and oxygen atoms in total. The van der Waals surface area contributed by atoms with Gasteiger partial charge >= 0.3 is 6.18 Å². The fourth-order valence-electron chi connectivity index (χ4n) is 0.194. The van der Waals surface area contributed by atoms with Gasteiger partial charge in [0.25, 0.3) is 0 Å². The van der Waals surface area contributed by atoms with Crippen LogP contribution in [-0.4, -0.2) is 34.9 Å². The van der Waals surface area contributed by atoms with E-state index in [1.165, 1.54) is 0 Å². The molecule has 0 aliphatic rings. The number of rotatable bonds is 2. The fraction of sp³-hybridized carbons (Fsp3) is 0.750. The highest BCUT2D eigenvalue weighted by Crippen LogP contribution is 2.27. The summed E-state index contributed by atoms with van der Waals surface area (Å²) in [7, 11) is 0. The standard InChI is InChI=1S/C4H5F3O3/c5-4(6,7)3(10,1-8)2-9/h1,9-10H,2H2. The van der Waals surface area contributed by atoms with Crippen molar-refractivity contribution < 1.29 is 28.2 Å². The average molecular weight is 158 g/mol. The second-order valence-electron chi connectivity index (χ2n) is 1.70. The molecule has 0 amide bonds. The van der Waals surface area contributed by atoms with Gasteiger partial charge in [0.05, 0.1) is 6.61 Å². The van der Waals surface area contributed by atoms with Gasteiger partial charge in [0.15, 0.2) is 6.29 Å². The van der Waals surface area contributed by atoms with Crippen molar-refractivity contribution in [2.45, 2.75) is 11.8 Å². The Morgan fingerprint density at radius 1 is 1.40 bits per heavy atom. The van der Waals surface area contributed by atoms with Crippen LogP contribution < -0.4 is 0 Å². The molecule has 1 unspecified atom stereocenters. The van der Waals surface area contributed by atoms with Gasteiger partial charge in [-0.1, -0.05) is 0 Å². The van der Waals surface area contributed by atoms with E-state index in [0.717, 1.165) is 0 Å². The van der Waals surface area contributed by atoms with Gasteiger partial charge in [0.1, 0.15) is 0 Å². The highest BCUT2D eigenvalue weighted by molar-refractivity contribution is 5.63. The second-order valence-corrected chi connectivity index (χ2v) is 1.70. The first kappa shape index (κ1) is 9.38. The Bertz CT molecular complexity index is 132. The topological polar surface area (TPSA) is 57.5 Å². The van der Waals surface area contributed by atoms with Crippen LogP contribution in [0.5, 0.6) is 0 Å². The van der Waals surface area contributed by atoms with Crippen LogP contribution in [0, 0.1) is 0 Å². The third-order valence-corrected chi connectivity index (χ3v) is 0.927. The number of carbonyl (C=O) groups excluding carboxylic acids is 1. The highest BCUT2D eigenvalue weighted by Gasteiger charge is 2.53. The minimum atomic E-state index is -5.11. The zero-order valence-electron chi connectivity index (χ0n) is 4.72. The maximum Gasteiger partial charge on any atom is 0.426 e. The quantitative estimate of drug-likeness (QED) is 0.531. The molecular formula is C4H5F3O3. The number of carbonyl (C=O) groups is 1. The number of hydrogen-bond donors (Lipinski definition) is 2. The molecule has 0 fully saturated rings. The van der Waals surface area contributed by atoms with E-state index in [9.17, 15) is 18.0 Å². The van der Waals surface area contributed by atoms with Crippen LogP contribution in [0.3, 0.4) is 0 Å². The molecule has 0 bridgehead atoms. The maximum absolute atomic E-state index is 11.5. The van der Waals surface area contributed by atoms with E-state index in [1.54, 1.807) is 0 Å². The highest BCUT2D eigenvalue weighted by atomic mass is 19.4. The largest absolute Gasteiger partial charge is 0.426 e. The molecule has 0 spiro atoms. The van der Waals surface area contributed by atoms with Crippen LogP contribution in [0.1, 0.15) is 0 Å². The van der Waals surface area contributed by atoms with Crippen molar-refractivity contribution in [2.75, 3.05) is 6.61 Å². The van der Waals surface area contributed by atoms with E-state index in [4.69, 9.17) is 10.2 Å². The smallest absolute Gasteiger partial charge is 0.393 e. The fourth-order valence-corrected chi connectivity index (χ4v) is 0.194. The molecule has 60 valence electrons. The number of hydrogen-bond acceptors (Lipinski definition) is 3. The molecule has 1 atom stereocenters. The number of aliphatic hydroxyl groups is 2. The molecule has 0 heterocycles. The van der Waals surface area contributed by atoms with Gasteiger partial charge in [-0.3, -0.25) is 4.79 Å². The molecule has 10 heavy (non-hydrogen) atoms. The Morgan fingerprint density at radius 2 is 1.80 bits per heavy atom. The van der Waals surface area contributed by atoms with Gasteiger partial charge in [-0.05, 0) is 0 Å². The van der Waals surface area contributed by atoms with Gasteiger partial charge in [0, 0.05) is 0 Å². The number of alkyl halides is 3. The van der Waals surface area contributed by atoms with Crippen LogP contribution in [0.15, 0.2) is 0 Å². The molecule has 0 aromatic rings. The molecule has 0 rings (SSSR count). The summed E-state index contributed by atoms with van der Waals surface area (Å²) in [5, 5.41) is 16.1.